The van der Waals surface area contributed by atoms with Gasteiger partial charge in [0.2, 0.25) is 5.95 Å². The van der Waals surface area contributed by atoms with Crippen molar-refractivity contribution in [3.63, 3.8) is 0 Å². The highest BCUT2D eigenvalue weighted by Crippen LogP contribution is 2.33. The third kappa shape index (κ3) is 4.01. The van der Waals surface area contributed by atoms with Crippen LogP contribution < -0.4 is 21.9 Å². The fourth-order valence-electron chi connectivity index (χ4n) is 5.07. The number of piperidine rings is 1. The van der Waals surface area contributed by atoms with Crippen molar-refractivity contribution in [3.8, 4) is 0 Å². The monoisotopic (exact) mass is 448 g/mol. The maximum Gasteiger partial charge on any atom is 0.332 e. The van der Waals surface area contributed by atoms with Gasteiger partial charge in [0, 0.05) is 32.2 Å². The van der Waals surface area contributed by atoms with Crippen LogP contribution in [0.25, 0.3) is 11.2 Å². The fourth-order valence-corrected chi connectivity index (χ4v) is 5.07. The van der Waals surface area contributed by atoms with Crippen LogP contribution in [0, 0.1) is 11.8 Å². The van der Waals surface area contributed by atoms with Gasteiger partial charge in [0.15, 0.2) is 11.2 Å². The van der Waals surface area contributed by atoms with Crippen molar-refractivity contribution in [1.82, 2.24) is 18.7 Å². The summed E-state index contributed by atoms with van der Waals surface area (Å²) in [5, 5.41) is 0. The first kappa shape index (κ1) is 20.7. The molecule has 6 rings (SSSR count). The first-order valence-electron chi connectivity index (χ1n) is 12.4. The van der Waals surface area contributed by atoms with E-state index in [9.17, 15) is 9.59 Å². The smallest absolute Gasteiger partial charge is 0.332 e. The van der Waals surface area contributed by atoms with E-state index >= 15 is 0 Å². The lowest BCUT2D eigenvalue weighted by Crippen LogP contribution is -2.44. The normalized spacial score (nSPS) is 21.1. The largest absolute Gasteiger partial charge is 0.341 e. The zero-order valence-corrected chi connectivity index (χ0v) is 19.0. The number of hydrogen-bond acceptors (Lipinski definition) is 5. The van der Waals surface area contributed by atoms with Crippen LogP contribution in [0.1, 0.15) is 44.1 Å². The third-order valence-electron chi connectivity index (χ3n) is 7.29. The van der Waals surface area contributed by atoms with Gasteiger partial charge in [-0.25, -0.2) is 4.79 Å². The van der Waals surface area contributed by atoms with Gasteiger partial charge in [-0.05, 0) is 55.9 Å². The number of nitrogens with two attached hydrogens (primary N) is 1. The molecule has 0 amide bonds. The predicted molar refractivity (Wildman–Crippen MR) is 129 cm³/mol. The summed E-state index contributed by atoms with van der Waals surface area (Å²) in [4.78, 5) is 34.5. The number of imidazole rings is 1. The van der Waals surface area contributed by atoms with Gasteiger partial charge in [-0.3, -0.25) is 18.5 Å². The van der Waals surface area contributed by atoms with Crippen molar-refractivity contribution in [2.45, 2.75) is 64.2 Å². The molecule has 3 aliphatic rings. The molecule has 2 saturated carbocycles. The molecule has 1 atom stereocenters. The molecule has 2 N–H and O–H groups in total. The molecule has 0 bridgehead atoms. The maximum atomic E-state index is 13.8. The van der Waals surface area contributed by atoms with Crippen molar-refractivity contribution in [2.24, 2.45) is 17.6 Å². The summed E-state index contributed by atoms with van der Waals surface area (Å²) in [6, 6.07) is 10.2. The second-order valence-electron chi connectivity index (χ2n) is 10.2. The van der Waals surface area contributed by atoms with E-state index in [4.69, 9.17) is 10.7 Å². The van der Waals surface area contributed by atoms with Gasteiger partial charge < -0.3 is 10.6 Å². The maximum absolute atomic E-state index is 13.8. The molecule has 1 unspecified atom stereocenters. The van der Waals surface area contributed by atoms with Crippen molar-refractivity contribution in [2.75, 3.05) is 18.0 Å². The van der Waals surface area contributed by atoms with Crippen LogP contribution in [0.4, 0.5) is 5.95 Å². The summed E-state index contributed by atoms with van der Waals surface area (Å²) in [6.07, 6.45) is 6.44. The Bertz CT molecular complexity index is 1280. The Labute approximate surface area is 192 Å². The van der Waals surface area contributed by atoms with Gasteiger partial charge in [-0.1, -0.05) is 30.3 Å². The third-order valence-corrected chi connectivity index (χ3v) is 7.29. The van der Waals surface area contributed by atoms with Crippen molar-refractivity contribution in [3.05, 3.63) is 56.7 Å². The molecule has 1 aliphatic heterocycles. The number of fused-ring (bicyclic) bond motifs is 1. The first-order valence-corrected chi connectivity index (χ1v) is 12.4. The van der Waals surface area contributed by atoms with Crippen molar-refractivity contribution >= 4 is 17.1 Å². The lowest BCUT2D eigenvalue weighted by molar-refractivity contribution is 0.495. The average molecular weight is 449 g/mol. The van der Waals surface area contributed by atoms with Crippen molar-refractivity contribution < 1.29 is 0 Å². The molecule has 2 aliphatic carbocycles. The Morgan fingerprint density at radius 2 is 1.61 bits per heavy atom. The molecule has 0 spiro atoms. The Morgan fingerprint density at radius 3 is 2.27 bits per heavy atom. The van der Waals surface area contributed by atoms with Gasteiger partial charge in [0.1, 0.15) is 0 Å². The van der Waals surface area contributed by atoms with Crippen LogP contribution in [0.5, 0.6) is 0 Å². The molecule has 2 aromatic heterocycles. The molecule has 8 heteroatoms. The minimum Gasteiger partial charge on any atom is -0.341 e. The van der Waals surface area contributed by atoms with Gasteiger partial charge in [0.05, 0.1) is 6.54 Å². The van der Waals surface area contributed by atoms with E-state index < -0.39 is 0 Å². The number of aromatic nitrogens is 4. The van der Waals surface area contributed by atoms with Crippen LogP contribution in [0.2, 0.25) is 0 Å². The van der Waals surface area contributed by atoms with E-state index in [0.717, 1.165) is 56.6 Å². The molecule has 174 valence electrons. The highest BCUT2D eigenvalue weighted by Gasteiger charge is 2.31. The molecule has 3 heterocycles. The molecule has 1 saturated heterocycles. The molecule has 1 aromatic carbocycles. The Morgan fingerprint density at radius 1 is 0.909 bits per heavy atom. The Kier molecular flexibility index (Phi) is 5.13. The topological polar surface area (TPSA) is 91.1 Å². The van der Waals surface area contributed by atoms with E-state index in [1.54, 1.807) is 4.57 Å². The standard InChI is InChI=1S/C25H32N6O2/c26-20-7-4-12-28(16-20)24-27-22-21(29(24)13-17-5-2-1-3-6-17)23(32)31(15-19-10-11-19)25(33)30(22)14-18-8-9-18/h1-3,5-6,18-20H,4,7-16,26H2. The molecular formula is C25H32N6O2. The summed E-state index contributed by atoms with van der Waals surface area (Å²) < 4.78 is 5.31. The van der Waals surface area contributed by atoms with Crippen LogP contribution in [0.15, 0.2) is 39.9 Å². The Hall–Kier alpha value is -2.87. The van der Waals surface area contributed by atoms with Crippen molar-refractivity contribution in [1.29, 1.82) is 0 Å². The van der Waals surface area contributed by atoms with Gasteiger partial charge >= 0.3 is 5.69 Å². The summed E-state index contributed by atoms with van der Waals surface area (Å²) in [5.74, 6) is 1.70. The average Bonchev–Trinajstić information content (AvgIpc) is 3.74. The second kappa shape index (κ2) is 8.17. The molecule has 3 aromatic rings. The zero-order valence-electron chi connectivity index (χ0n) is 19.0. The molecule has 3 fully saturated rings. The molecule has 0 radical (unpaired) electrons. The quantitative estimate of drug-likeness (QED) is 0.598. The molecule has 8 nitrogen and oxygen atoms in total. The van der Waals surface area contributed by atoms with Crippen LogP contribution in [-0.4, -0.2) is 37.8 Å². The van der Waals surface area contributed by atoms with Crippen LogP contribution in [-0.2, 0) is 19.6 Å². The lowest BCUT2D eigenvalue weighted by Gasteiger charge is -2.31. The minimum atomic E-state index is -0.204. The lowest BCUT2D eigenvalue weighted by atomic mass is 10.1. The minimum absolute atomic E-state index is 0.0870. The Balaban J connectivity index is 1.58. The number of rotatable bonds is 7. The zero-order chi connectivity index (χ0) is 22.5. The number of hydrogen-bond donors (Lipinski definition) is 1. The summed E-state index contributed by atoms with van der Waals surface area (Å²) in [5.41, 5.74) is 8.09. The van der Waals surface area contributed by atoms with Crippen LogP contribution >= 0.6 is 0 Å². The van der Waals surface area contributed by atoms with E-state index in [0.29, 0.717) is 49.2 Å². The number of benzene rings is 1. The summed E-state index contributed by atoms with van der Waals surface area (Å²) in [6.45, 7) is 3.26. The molecular weight excluding hydrogens is 416 g/mol. The van der Waals surface area contributed by atoms with E-state index in [2.05, 4.69) is 17.0 Å². The second-order valence-corrected chi connectivity index (χ2v) is 10.2. The van der Waals surface area contributed by atoms with Gasteiger partial charge in [-0.15, -0.1) is 0 Å². The van der Waals surface area contributed by atoms with Gasteiger partial charge in [0.25, 0.3) is 5.56 Å². The van der Waals surface area contributed by atoms with E-state index in [-0.39, 0.29) is 17.3 Å². The highest BCUT2D eigenvalue weighted by molar-refractivity contribution is 5.75. The van der Waals surface area contributed by atoms with E-state index in [1.807, 2.05) is 22.8 Å². The predicted octanol–water partition coefficient (Wildman–Crippen LogP) is 2.16. The summed E-state index contributed by atoms with van der Waals surface area (Å²) in [7, 11) is 0. The molecule has 33 heavy (non-hydrogen) atoms. The number of anilines is 1. The number of nitrogens with zero attached hydrogens (tertiary/aromatic N) is 5. The summed E-state index contributed by atoms with van der Waals surface area (Å²) >= 11 is 0. The van der Waals surface area contributed by atoms with Gasteiger partial charge in [-0.2, -0.15) is 4.98 Å². The van der Waals surface area contributed by atoms with E-state index in [1.165, 1.54) is 4.57 Å². The fraction of sp³-hybridized carbons (Fsp3) is 0.560. The SMILES string of the molecule is NC1CCCN(c2nc3c(c(=O)n(CC4CC4)c(=O)n3CC3CC3)n2Cc2ccccc2)C1. The highest BCUT2D eigenvalue weighted by atomic mass is 16.2. The first-order chi connectivity index (χ1) is 16.1. The van der Waals surface area contributed by atoms with Crippen LogP contribution in [0.3, 0.4) is 0 Å².